The van der Waals surface area contributed by atoms with Crippen LogP contribution in [0.1, 0.15) is 74.2 Å². The molecule has 1 aromatic heterocycles. The predicted molar refractivity (Wildman–Crippen MR) is 119 cm³/mol. The number of nitrogens with two attached hydrogens (primary N) is 1. The van der Waals surface area contributed by atoms with Gasteiger partial charge in [-0.15, -0.1) is 0 Å². The molecule has 6 nitrogen and oxygen atoms in total. The smallest absolute Gasteiger partial charge is 0.329 e. The Balaban J connectivity index is 1.49. The van der Waals surface area contributed by atoms with E-state index in [2.05, 4.69) is 0 Å². The predicted octanol–water partition coefficient (Wildman–Crippen LogP) is 3.53. The quantitative estimate of drug-likeness (QED) is 0.819. The number of amides is 1. The standard InChI is InChI=1S/C24H34N4O2/c25-15-17-10-12-26(13-11-17)23(29)19-8-9-21-22(14-19)27(16-18-6-7-18)24(30)28(21)20-4-2-1-3-5-20/h8-9,14,17-18,20H,1-7,10-13,15-16,25H2. The molecule has 2 heterocycles. The third kappa shape index (κ3) is 3.70. The van der Waals surface area contributed by atoms with Gasteiger partial charge in [0.25, 0.3) is 5.91 Å². The maximum atomic E-state index is 13.4. The summed E-state index contributed by atoms with van der Waals surface area (Å²) in [4.78, 5) is 28.6. The largest absolute Gasteiger partial charge is 0.339 e. The molecule has 1 amide bonds. The van der Waals surface area contributed by atoms with Crippen LogP contribution in [0.5, 0.6) is 0 Å². The number of piperidine rings is 1. The van der Waals surface area contributed by atoms with Crippen molar-refractivity contribution >= 4 is 16.9 Å². The Morgan fingerprint density at radius 3 is 2.33 bits per heavy atom. The van der Waals surface area contributed by atoms with Crippen molar-refractivity contribution in [3.05, 3.63) is 34.2 Å². The first-order chi connectivity index (χ1) is 14.7. The van der Waals surface area contributed by atoms with E-state index in [0.717, 1.165) is 56.4 Å². The molecule has 0 radical (unpaired) electrons. The second-order valence-electron chi connectivity index (χ2n) is 9.67. The minimum Gasteiger partial charge on any atom is -0.339 e. The summed E-state index contributed by atoms with van der Waals surface area (Å²) in [5.41, 5.74) is 8.58. The highest BCUT2D eigenvalue weighted by atomic mass is 16.2. The Morgan fingerprint density at radius 1 is 0.933 bits per heavy atom. The highest BCUT2D eigenvalue weighted by Gasteiger charge is 2.28. The maximum absolute atomic E-state index is 13.4. The fourth-order valence-corrected chi connectivity index (χ4v) is 5.39. The van der Waals surface area contributed by atoms with Gasteiger partial charge in [-0.3, -0.25) is 13.9 Å². The van der Waals surface area contributed by atoms with E-state index in [1.807, 2.05) is 32.2 Å². The first-order valence-corrected chi connectivity index (χ1v) is 11.9. The Morgan fingerprint density at radius 2 is 1.67 bits per heavy atom. The minimum absolute atomic E-state index is 0.0863. The van der Waals surface area contributed by atoms with Gasteiger partial charge in [0.2, 0.25) is 0 Å². The molecular weight excluding hydrogens is 376 g/mol. The van der Waals surface area contributed by atoms with Crippen molar-refractivity contribution in [1.82, 2.24) is 14.0 Å². The van der Waals surface area contributed by atoms with Crippen LogP contribution >= 0.6 is 0 Å². The van der Waals surface area contributed by atoms with E-state index in [-0.39, 0.29) is 11.6 Å². The number of nitrogens with zero attached hydrogens (tertiary/aromatic N) is 3. The molecule has 3 aliphatic rings. The summed E-state index contributed by atoms with van der Waals surface area (Å²) in [6.45, 7) is 3.04. The molecule has 2 N–H and O–H groups in total. The zero-order valence-corrected chi connectivity index (χ0v) is 17.9. The summed E-state index contributed by atoms with van der Waals surface area (Å²) in [5, 5.41) is 0. The molecule has 1 saturated heterocycles. The van der Waals surface area contributed by atoms with Gasteiger partial charge in [0.05, 0.1) is 11.0 Å². The summed E-state index contributed by atoms with van der Waals surface area (Å²) in [6, 6.07) is 6.23. The first kappa shape index (κ1) is 19.9. The molecule has 162 valence electrons. The van der Waals surface area contributed by atoms with Crippen LogP contribution in [0.2, 0.25) is 0 Å². The van der Waals surface area contributed by atoms with Crippen LogP contribution in [-0.4, -0.2) is 39.6 Å². The average Bonchev–Trinajstić information content (AvgIpc) is 3.58. The monoisotopic (exact) mass is 410 g/mol. The Kier molecular flexibility index (Phi) is 5.44. The van der Waals surface area contributed by atoms with E-state index in [4.69, 9.17) is 5.73 Å². The summed E-state index contributed by atoms with van der Waals surface area (Å²) in [7, 11) is 0. The number of likely N-dealkylation sites (tertiary alicyclic amines) is 1. The molecular formula is C24H34N4O2. The van der Waals surface area contributed by atoms with Gasteiger partial charge in [0.15, 0.2) is 0 Å². The maximum Gasteiger partial charge on any atom is 0.329 e. The van der Waals surface area contributed by atoms with Crippen LogP contribution in [0.25, 0.3) is 11.0 Å². The van der Waals surface area contributed by atoms with Crippen LogP contribution in [0.15, 0.2) is 23.0 Å². The number of imidazole rings is 1. The molecule has 0 unspecified atom stereocenters. The molecule has 2 aliphatic carbocycles. The van der Waals surface area contributed by atoms with E-state index in [1.165, 1.54) is 32.1 Å². The van der Waals surface area contributed by atoms with Crippen LogP contribution in [0.3, 0.4) is 0 Å². The van der Waals surface area contributed by atoms with E-state index in [0.29, 0.717) is 30.0 Å². The molecule has 1 aliphatic heterocycles. The summed E-state index contributed by atoms with van der Waals surface area (Å²) in [6.07, 6.45) is 10.2. The van der Waals surface area contributed by atoms with Gasteiger partial charge in [0.1, 0.15) is 0 Å². The van der Waals surface area contributed by atoms with Gasteiger partial charge in [-0.2, -0.15) is 0 Å². The molecule has 5 rings (SSSR count). The first-order valence-electron chi connectivity index (χ1n) is 11.9. The van der Waals surface area contributed by atoms with E-state index in [9.17, 15) is 9.59 Å². The van der Waals surface area contributed by atoms with E-state index >= 15 is 0 Å². The van der Waals surface area contributed by atoms with Crippen molar-refractivity contribution in [2.45, 2.75) is 70.4 Å². The fourth-order valence-electron chi connectivity index (χ4n) is 5.39. The number of rotatable bonds is 5. The van der Waals surface area contributed by atoms with Gasteiger partial charge in [-0.1, -0.05) is 19.3 Å². The summed E-state index contributed by atoms with van der Waals surface area (Å²) < 4.78 is 4.00. The fraction of sp³-hybridized carbons (Fsp3) is 0.667. The highest BCUT2D eigenvalue weighted by molar-refractivity contribution is 5.97. The highest BCUT2D eigenvalue weighted by Crippen LogP contribution is 2.34. The molecule has 0 spiro atoms. The van der Waals surface area contributed by atoms with E-state index in [1.54, 1.807) is 0 Å². The molecule has 0 bridgehead atoms. The lowest BCUT2D eigenvalue weighted by Crippen LogP contribution is -2.40. The second kappa shape index (κ2) is 8.22. The van der Waals surface area contributed by atoms with Crippen molar-refractivity contribution < 1.29 is 4.79 Å². The van der Waals surface area contributed by atoms with Crippen molar-refractivity contribution in [2.24, 2.45) is 17.6 Å². The van der Waals surface area contributed by atoms with Crippen molar-refractivity contribution in [1.29, 1.82) is 0 Å². The lowest BCUT2D eigenvalue weighted by Gasteiger charge is -2.31. The molecule has 0 atom stereocenters. The molecule has 3 fully saturated rings. The number of hydrogen-bond acceptors (Lipinski definition) is 3. The topological polar surface area (TPSA) is 73.3 Å². The molecule has 6 heteroatoms. The third-order valence-corrected chi connectivity index (χ3v) is 7.52. The van der Waals surface area contributed by atoms with Crippen LogP contribution < -0.4 is 11.4 Å². The van der Waals surface area contributed by atoms with Crippen LogP contribution in [0, 0.1) is 11.8 Å². The normalized spacial score (nSPS) is 21.4. The lowest BCUT2D eigenvalue weighted by atomic mass is 9.95. The molecule has 1 aromatic carbocycles. The summed E-state index contributed by atoms with van der Waals surface area (Å²) >= 11 is 0. The zero-order chi connectivity index (χ0) is 20.7. The Labute approximate surface area is 178 Å². The second-order valence-corrected chi connectivity index (χ2v) is 9.67. The molecule has 30 heavy (non-hydrogen) atoms. The Bertz CT molecular complexity index is 973. The van der Waals surface area contributed by atoms with Gasteiger partial charge in [-0.25, -0.2) is 4.79 Å². The lowest BCUT2D eigenvalue weighted by molar-refractivity contribution is 0.0693. The number of carbonyl (C=O) groups excluding carboxylic acids is 1. The molecule has 2 saturated carbocycles. The summed E-state index contributed by atoms with van der Waals surface area (Å²) in [5.74, 6) is 1.23. The van der Waals surface area contributed by atoms with Gasteiger partial charge < -0.3 is 10.6 Å². The number of carbonyl (C=O) groups is 1. The van der Waals surface area contributed by atoms with Crippen molar-refractivity contribution in [2.75, 3.05) is 19.6 Å². The van der Waals surface area contributed by atoms with Gasteiger partial charge >= 0.3 is 5.69 Å². The SMILES string of the molecule is NCC1CCN(C(=O)c2ccc3c(c2)n(CC2CC2)c(=O)n3C2CCCCC2)CC1. The van der Waals surface area contributed by atoms with Gasteiger partial charge in [0, 0.05) is 31.2 Å². The average molecular weight is 411 g/mol. The Hall–Kier alpha value is -2.08. The zero-order valence-electron chi connectivity index (χ0n) is 17.9. The van der Waals surface area contributed by atoms with E-state index < -0.39 is 0 Å². The van der Waals surface area contributed by atoms with Crippen molar-refractivity contribution in [3.63, 3.8) is 0 Å². The van der Waals surface area contributed by atoms with Gasteiger partial charge in [-0.05, 0) is 75.1 Å². The number of fused-ring (bicyclic) bond motifs is 1. The third-order valence-electron chi connectivity index (χ3n) is 7.52. The van der Waals surface area contributed by atoms with Crippen molar-refractivity contribution in [3.8, 4) is 0 Å². The minimum atomic E-state index is 0.0863. The number of aromatic nitrogens is 2. The van der Waals surface area contributed by atoms with Crippen LogP contribution in [-0.2, 0) is 6.54 Å². The molecule has 2 aromatic rings. The number of hydrogen-bond donors (Lipinski definition) is 1. The van der Waals surface area contributed by atoms with Crippen LogP contribution in [0.4, 0.5) is 0 Å². The number of benzene rings is 1.